The summed E-state index contributed by atoms with van der Waals surface area (Å²) in [4.78, 5) is 13.3. The monoisotopic (exact) mass is 485 g/mol. The molecule has 4 aliphatic rings. The molecule has 0 aliphatic heterocycles. The first-order valence-electron chi connectivity index (χ1n) is 13.3. The maximum Gasteiger partial charge on any atom is 0.159 e. The highest BCUT2D eigenvalue weighted by Gasteiger charge is 2.58. The minimum Gasteiger partial charge on any atom is -0.397 e. The van der Waals surface area contributed by atoms with Crippen LogP contribution in [0.1, 0.15) is 64.7 Å². The minimum absolute atomic E-state index is 0.115. The Kier molecular flexibility index (Phi) is 7.05. The summed E-state index contributed by atoms with van der Waals surface area (Å²) in [5.41, 5.74) is 7.15. The number of methoxy groups -OCH3 is 1. The molecule has 4 fully saturated rings. The number of Topliss-reactive ketones (excluding diaryl/α,β-unsaturated/α-hetero) is 1. The van der Waals surface area contributed by atoms with Crippen LogP contribution in [0.4, 0.5) is 11.4 Å². The van der Waals surface area contributed by atoms with E-state index in [0.29, 0.717) is 22.3 Å². The summed E-state index contributed by atoms with van der Waals surface area (Å²) in [6.07, 6.45) is 11.6. The first kappa shape index (κ1) is 24.2. The molecule has 0 amide bonds. The summed E-state index contributed by atoms with van der Waals surface area (Å²) in [6.45, 7) is 3.48. The van der Waals surface area contributed by atoms with Crippen molar-refractivity contribution in [1.82, 2.24) is 0 Å². The second kappa shape index (κ2) is 9.89. The fourth-order valence-corrected chi connectivity index (χ4v) is 8.93. The number of azo groups is 1. The number of anilines is 1. The number of nitrogens with two attached hydrogens (primary N) is 1. The van der Waals surface area contributed by atoms with Crippen molar-refractivity contribution in [2.75, 3.05) is 26.0 Å². The highest BCUT2D eigenvalue weighted by Crippen LogP contribution is 2.64. The lowest BCUT2D eigenvalue weighted by Gasteiger charge is -2.56. The molecule has 0 radical (unpaired) electrons. The number of carbonyl (C=O) groups excluding carboxylic acids is 1. The molecule has 0 saturated heterocycles. The van der Waals surface area contributed by atoms with Gasteiger partial charge in [0, 0.05) is 24.7 Å². The number of fused-ring (bicyclic) bond motifs is 5. The van der Waals surface area contributed by atoms with Crippen LogP contribution in [0.15, 0.2) is 28.4 Å². The van der Waals surface area contributed by atoms with E-state index in [-0.39, 0.29) is 23.7 Å². The number of nitrogens with zero attached hydrogens (tertiary/aromatic N) is 2. The Morgan fingerprint density at radius 1 is 1.12 bits per heavy atom. The van der Waals surface area contributed by atoms with Crippen molar-refractivity contribution in [2.24, 2.45) is 57.1 Å². The molecular weight excluding hydrogens is 446 g/mol. The van der Waals surface area contributed by atoms with Gasteiger partial charge in [-0.15, -0.1) is 0 Å². The molecule has 0 bridgehead atoms. The van der Waals surface area contributed by atoms with Gasteiger partial charge in [0.05, 0.1) is 5.69 Å². The van der Waals surface area contributed by atoms with Gasteiger partial charge in [-0.3, -0.25) is 4.79 Å². The Labute approximate surface area is 209 Å². The van der Waals surface area contributed by atoms with Crippen LogP contribution in [-0.2, 0) is 9.53 Å². The molecule has 0 spiro atoms. The molecule has 5 nitrogen and oxygen atoms in total. The van der Waals surface area contributed by atoms with Crippen LogP contribution < -0.4 is 5.73 Å². The standard InChI is InChI=1S/C28H40ClN3O2/c1-28-12-11-21-20-6-3-17(16-34-2)13-18(20)4-7-22(21)23(28)8-9-24(28)27(33)15-31-32-26-14-19(29)5-10-25(26)30/h5,10,14,17-18,20-24H,3-4,6-9,11-13,15-16,30H2,1-2H3. The number of hydrogen-bond donors (Lipinski definition) is 1. The zero-order chi connectivity index (χ0) is 23.9. The van der Waals surface area contributed by atoms with Crippen molar-refractivity contribution in [3.05, 3.63) is 23.2 Å². The summed E-state index contributed by atoms with van der Waals surface area (Å²) < 4.78 is 5.48. The first-order chi connectivity index (χ1) is 16.4. The molecule has 186 valence electrons. The number of hydrogen-bond acceptors (Lipinski definition) is 5. The minimum atomic E-state index is 0.115. The van der Waals surface area contributed by atoms with E-state index in [1.54, 1.807) is 18.2 Å². The molecule has 0 aromatic heterocycles. The molecule has 0 heterocycles. The van der Waals surface area contributed by atoms with Crippen LogP contribution in [0.3, 0.4) is 0 Å². The molecule has 5 rings (SSSR count). The molecular formula is C28H40ClN3O2. The highest BCUT2D eigenvalue weighted by atomic mass is 35.5. The fourth-order valence-electron chi connectivity index (χ4n) is 8.76. The molecule has 4 saturated carbocycles. The lowest BCUT2D eigenvalue weighted by Crippen LogP contribution is -2.49. The normalized spacial score (nSPS) is 39.4. The van der Waals surface area contributed by atoms with Crippen molar-refractivity contribution in [3.8, 4) is 0 Å². The van der Waals surface area contributed by atoms with Gasteiger partial charge >= 0.3 is 0 Å². The molecule has 4 aliphatic carbocycles. The lowest BCUT2D eigenvalue weighted by molar-refractivity contribution is -0.129. The summed E-state index contributed by atoms with van der Waals surface area (Å²) in [5, 5.41) is 9.03. The third-order valence-electron chi connectivity index (χ3n) is 10.3. The van der Waals surface area contributed by atoms with E-state index >= 15 is 0 Å². The van der Waals surface area contributed by atoms with Crippen LogP contribution >= 0.6 is 11.6 Å². The topological polar surface area (TPSA) is 77.0 Å². The van der Waals surface area contributed by atoms with Gasteiger partial charge in [0.1, 0.15) is 12.2 Å². The van der Waals surface area contributed by atoms with E-state index in [2.05, 4.69) is 17.2 Å². The van der Waals surface area contributed by atoms with Gasteiger partial charge in [-0.05, 0) is 117 Å². The molecule has 2 N–H and O–H groups in total. The van der Waals surface area contributed by atoms with Gasteiger partial charge in [-0.25, -0.2) is 0 Å². The quantitative estimate of drug-likeness (QED) is 0.344. The molecule has 34 heavy (non-hydrogen) atoms. The average Bonchev–Trinajstić information content (AvgIpc) is 3.18. The van der Waals surface area contributed by atoms with Crippen molar-refractivity contribution in [1.29, 1.82) is 0 Å². The van der Waals surface area contributed by atoms with Gasteiger partial charge in [-0.2, -0.15) is 10.2 Å². The number of nitrogen functional groups attached to an aromatic ring is 1. The summed E-state index contributed by atoms with van der Waals surface area (Å²) >= 11 is 6.05. The number of ether oxygens (including phenoxy) is 1. The van der Waals surface area contributed by atoms with Crippen molar-refractivity contribution < 1.29 is 9.53 Å². The Morgan fingerprint density at radius 2 is 1.94 bits per heavy atom. The zero-order valence-electron chi connectivity index (χ0n) is 20.7. The van der Waals surface area contributed by atoms with Crippen LogP contribution in [0.25, 0.3) is 0 Å². The average molecular weight is 486 g/mol. The smallest absolute Gasteiger partial charge is 0.159 e. The van der Waals surface area contributed by atoms with Crippen LogP contribution in [0, 0.1) is 46.8 Å². The summed E-state index contributed by atoms with van der Waals surface area (Å²) in [7, 11) is 1.84. The fraction of sp³-hybridized carbons (Fsp3) is 0.750. The van der Waals surface area contributed by atoms with Gasteiger partial charge in [0.25, 0.3) is 0 Å². The van der Waals surface area contributed by atoms with Crippen molar-refractivity contribution >= 4 is 28.8 Å². The summed E-state index contributed by atoms with van der Waals surface area (Å²) in [6, 6.07) is 5.14. The number of halogens is 1. The van der Waals surface area contributed by atoms with E-state index in [4.69, 9.17) is 22.1 Å². The van der Waals surface area contributed by atoms with E-state index in [0.717, 1.165) is 42.6 Å². The second-order valence-corrected chi connectivity index (χ2v) is 12.2. The van der Waals surface area contributed by atoms with Gasteiger partial charge < -0.3 is 10.5 Å². The molecule has 1 aromatic rings. The maximum absolute atomic E-state index is 13.3. The Bertz CT molecular complexity index is 936. The second-order valence-electron chi connectivity index (χ2n) is 11.8. The summed E-state index contributed by atoms with van der Waals surface area (Å²) in [5.74, 6) is 5.32. The van der Waals surface area contributed by atoms with Crippen molar-refractivity contribution in [2.45, 2.75) is 64.7 Å². The van der Waals surface area contributed by atoms with Gasteiger partial charge in [-0.1, -0.05) is 18.5 Å². The zero-order valence-corrected chi connectivity index (χ0v) is 21.5. The van der Waals surface area contributed by atoms with E-state index < -0.39 is 0 Å². The highest BCUT2D eigenvalue weighted by molar-refractivity contribution is 6.31. The molecule has 8 atom stereocenters. The van der Waals surface area contributed by atoms with Crippen LogP contribution in [-0.4, -0.2) is 26.0 Å². The van der Waals surface area contributed by atoms with E-state index in [1.165, 1.54) is 51.4 Å². The number of carbonyl (C=O) groups is 1. The van der Waals surface area contributed by atoms with E-state index in [9.17, 15) is 4.79 Å². The predicted octanol–water partition coefficient (Wildman–Crippen LogP) is 7.11. The Balaban J connectivity index is 1.23. The molecule has 8 unspecified atom stereocenters. The number of rotatable bonds is 6. The third-order valence-corrected chi connectivity index (χ3v) is 10.5. The first-order valence-corrected chi connectivity index (χ1v) is 13.7. The third kappa shape index (κ3) is 4.43. The number of benzene rings is 1. The van der Waals surface area contributed by atoms with E-state index in [1.807, 2.05) is 7.11 Å². The largest absolute Gasteiger partial charge is 0.397 e. The van der Waals surface area contributed by atoms with Crippen LogP contribution in [0.5, 0.6) is 0 Å². The lowest BCUT2D eigenvalue weighted by atomic mass is 9.49. The van der Waals surface area contributed by atoms with Gasteiger partial charge in [0.2, 0.25) is 0 Å². The van der Waals surface area contributed by atoms with Gasteiger partial charge in [0.15, 0.2) is 5.78 Å². The number of ketones is 1. The SMILES string of the molecule is COCC1CCC2C(CCC3C2CCC2(C)C(C(=O)CN=Nc4cc(Cl)ccc4N)CCC32)C1. The van der Waals surface area contributed by atoms with Crippen molar-refractivity contribution in [3.63, 3.8) is 0 Å². The Morgan fingerprint density at radius 3 is 2.76 bits per heavy atom. The molecule has 6 heteroatoms. The molecule has 1 aromatic carbocycles. The Hall–Kier alpha value is -1.46. The van der Waals surface area contributed by atoms with Crippen LogP contribution in [0.2, 0.25) is 5.02 Å². The predicted molar refractivity (Wildman–Crippen MR) is 136 cm³/mol. The maximum atomic E-state index is 13.3.